The minimum Gasteiger partial charge on any atom is -0.487 e. The van der Waals surface area contributed by atoms with Crippen LogP contribution in [0.15, 0.2) is 29.4 Å². The molecule has 2 aromatic rings. The number of nitrogens with zero attached hydrogens (tertiary/aromatic N) is 3. The molecule has 0 radical (unpaired) electrons. The molecule has 186 valence electrons. The van der Waals surface area contributed by atoms with Gasteiger partial charge in [-0.25, -0.2) is 0 Å². The fourth-order valence-corrected chi connectivity index (χ4v) is 5.03. The van der Waals surface area contributed by atoms with Crippen molar-refractivity contribution in [2.45, 2.75) is 64.0 Å². The van der Waals surface area contributed by atoms with Gasteiger partial charge in [0.25, 0.3) is 5.91 Å². The highest BCUT2D eigenvalue weighted by Gasteiger charge is 2.33. The lowest BCUT2D eigenvalue weighted by Crippen LogP contribution is -2.51. The van der Waals surface area contributed by atoms with Gasteiger partial charge in [0, 0.05) is 30.8 Å². The zero-order valence-electron chi connectivity index (χ0n) is 19.8. The molecule has 0 N–H and O–H groups in total. The minimum absolute atomic E-state index is 0.0273. The molecule has 0 spiro atoms. The van der Waals surface area contributed by atoms with Crippen LogP contribution in [0.4, 0.5) is 13.2 Å². The van der Waals surface area contributed by atoms with E-state index in [4.69, 9.17) is 9.47 Å². The molecule has 0 aliphatic carbocycles. The van der Waals surface area contributed by atoms with Crippen LogP contribution in [-0.2, 0) is 22.9 Å². The van der Waals surface area contributed by atoms with Gasteiger partial charge in [-0.2, -0.15) is 18.2 Å². The molecular weight excluding hydrogens is 467 g/mol. The van der Waals surface area contributed by atoms with Gasteiger partial charge in [-0.05, 0) is 43.5 Å². The number of thiazole rings is 1. The first-order valence-corrected chi connectivity index (χ1v) is 12.2. The van der Waals surface area contributed by atoms with E-state index in [2.05, 4.69) is 25.8 Å². The molecule has 2 saturated heterocycles. The van der Waals surface area contributed by atoms with E-state index < -0.39 is 17.6 Å². The Morgan fingerprint density at radius 3 is 2.59 bits per heavy atom. The van der Waals surface area contributed by atoms with Crippen molar-refractivity contribution in [1.82, 2.24) is 9.47 Å². The summed E-state index contributed by atoms with van der Waals surface area (Å²) in [7, 11) is 1.92. The standard InChI is InChI=1S/C24H30F3N3O3S/c1-23(2,3)20-14-30(13-16-6-5-9-32-16)22(34-20)28-21(31)18-10-15(24(25,26)27)7-8-19(18)33-17-11-29(4)12-17/h7-8,10,14,16-17H,5-6,9,11-13H2,1-4H3. The third-order valence-electron chi connectivity index (χ3n) is 5.94. The number of ether oxygens (including phenoxy) is 2. The fraction of sp³-hybridized carbons (Fsp3) is 0.583. The zero-order valence-corrected chi connectivity index (χ0v) is 20.6. The number of alkyl halides is 3. The Balaban J connectivity index is 1.72. The topological polar surface area (TPSA) is 56.1 Å². The quantitative estimate of drug-likeness (QED) is 0.611. The molecule has 1 amide bonds. The molecule has 6 nitrogen and oxygen atoms in total. The van der Waals surface area contributed by atoms with Gasteiger partial charge in [0.15, 0.2) is 4.80 Å². The monoisotopic (exact) mass is 497 g/mol. The molecule has 2 aliphatic rings. The normalized spacial score (nSPS) is 20.6. The summed E-state index contributed by atoms with van der Waals surface area (Å²) in [6, 6.07) is 3.00. The summed E-state index contributed by atoms with van der Waals surface area (Å²) >= 11 is 1.37. The SMILES string of the molecule is CN1CC(Oc2ccc(C(F)(F)F)cc2C(=O)N=c2sc(C(C)(C)C)cn2CC2CCCO2)C1. The predicted molar refractivity (Wildman–Crippen MR) is 123 cm³/mol. The number of hydrogen-bond acceptors (Lipinski definition) is 5. The maximum Gasteiger partial charge on any atom is 0.416 e. The summed E-state index contributed by atoms with van der Waals surface area (Å²) < 4.78 is 53.7. The number of carbonyl (C=O) groups excluding carboxylic acids is 1. The van der Waals surface area contributed by atoms with Crippen LogP contribution in [0.2, 0.25) is 0 Å². The van der Waals surface area contributed by atoms with Gasteiger partial charge >= 0.3 is 6.18 Å². The highest BCUT2D eigenvalue weighted by atomic mass is 32.1. The van der Waals surface area contributed by atoms with Crippen molar-refractivity contribution in [3.8, 4) is 5.75 Å². The Kier molecular flexibility index (Phi) is 6.94. The maximum absolute atomic E-state index is 13.4. The number of rotatable bonds is 5. The summed E-state index contributed by atoms with van der Waals surface area (Å²) in [5, 5.41) is 0. The average Bonchev–Trinajstić information content (AvgIpc) is 3.36. The summed E-state index contributed by atoms with van der Waals surface area (Å²) in [6.45, 7) is 8.73. The molecule has 1 aromatic heterocycles. The Bertz CT molecular complexity index is 1110. The Hall–Kier alpha value is -2.17. The van der Waals surface area contributed by atoms with Gasteiger partial charge in [0.05, 0.1) is 23.8 Å². The smallest absolute Gasteiger partial charge is 0.416 e. The minimum atomic E-state index is -4.58. The number of halogens is 3. The first kappa shape index (κ1) is 24.9. The number of benzene rings is 1. The van der Waals surface area contributed by atoms with Crippen molar-refractivity contribution in [2.24, 2.45) is 4.99 Å². The molecule has 0 saturated carbocycles. The number of hydrogen-bond donors (Lipinski definition) is 0. The average molecular weight is 498 g/mol. The Morgan fingerprint density at radius 2 is 2.00 bits per heavy atom. The van der Waals surface area contributed by atoms with E-state index in [0.717, 1.165) is 29.9 Å². The first-order chi connectivity index (χ1) is 15.9. The second-order valence-corrected chi connectivity index (χ2v) is 11.0. The predicted octanol–water partition coefficient (Wildman–Crippen LogP) is 4.48. The molecule has 3 heterocycles. The number of aromatic nitrogens is 1. The van der Waals surface area contributed by atoms with Gasteiger partial charge in [0.1, 0.15) is 11.9 Å². The third kappa shape index (κ3) is 5.72. The van der Waals surface area contributed by atoms with Crippen molar-refractivity contribution in [3.63, 3.8) is 0 Å². The largest absolute Gasteiger partial charge is 0.487 e. The van der Waals surface area contributed by atoms with Crippen molar-refractivity contribution in [1.29, 1.82) is 0 Å². The summed E-state index contributed by atoms with van der Waals surface area (Å²) in [5.41, 5.74) is -1.25. The lowest BCUT2D eigenvalue weighted by Gasteiger charge is -2.36. The van der Waals surface area contributed by atoms with E-state index in [1.807, 2.05) is 22.7 Å². The molecule has 10 heteroatoms. The van der Waals surface area contributed by atoms with E-state index in [9.17, 15) is 18.0 Å². The lowest BCUT2D eigenvalue weighted by atomic mass is 9.95. The Morgan fingerprint density at radius 1 is 1.26 bits per heavy atom. The van der Waals surface area contributed by atoms with E-state index in [1.165, 1.54) is 17.4 Å². The number of carbonyl (C=O) groups is 1. The van der Waals surface area contributed by atoms with Crippen LogP contribution in [0.3, 0.4) is 0 Å². The van der Waals surface area contributed by atoms with Crippen LogP contribution in [0.5, 0.6) is 5.75 Å². The van der Waals surface area contributed by atoms with Crippen LogP contribution < -0.4 is 9.54 Å². The molecule has 34 heavy (non-hydrogen) atoms. The van der Waals surface area contributed by atoms with Crippen molar-refractivity contribution in [2.75, 3.05) is 26.7 Å². The van der Waals surface area contributed by atoms with E-state index >= 15 is 0 Å². The van der Waals surface area contributed by atoms with Crippen molar-refractivity contribution < 1.29 is 27.4 Å². The molecule has 1 unspecified atom stereocenters. The van der Waals surface area contributed by atoms with Gasteiger partial charge in [0.2, 0.25) is 0 Å². The molecule has 2 aliphatic heterocycles. The summed E-state index contributed by atoms with van der Waals surface area (Å²) in [4.78, 5) is 21.0. The fourth-order valence-electron chi connectivity index (χ4n) is 3.97. The third-order valence-corrected chi connectivity index (χ3v) is 7.39. The van der Waals surface area contributed by atoms with Gasteiger partial charge in [-0.1, -0.05) is 20.8 Å². The zero-order chi connectivity index (χ0) is 24.7. The van der Waals surface area contributed by atoms with Crippen LogP contribution in [0.25, 0.3) is 0 Å². The Labute approximate surface area is 201 Å². The molecule has 2 fully saturated rings. The van der Waals surface area contributed by atoms with Crippen LogP contribution >= 0.6 is 11.3 Å². The van der Waals surface area contributed by atoms with Crippen molar-refractivity contribution >= 4 is 17.2 Å². The number of amides is 1. The van der Waals surface area contributed by atoms with Crippen LogP contribution in [0, 0.1) is 0 Å². The first-order valence-electron chi connectivity index (χ1n) is 11.4. The summed E-state index contributed by atoms with van der Waals surface area (Å²) in [5.74, 6) is -0.629. The second kappa shape index (κ2) is 9.47. The molecule has 1 atom stereocenters. The number of likely N-dealkylation sites (tertiary alicyclic amines) is 1. The molecule has 1 aromatic carbocycles. The van der Waals surface area contributed by atoms with Gasteiger partial charge in [-0.15, -0.1) is 11.3 Å². The highest BCUT2D eigenvalue weighted by Crippen LogP contribution is 2.34. The van der Waals surface area contributed by atoms with E-state index in [0.29, 0.717) is 31.0 Å². The van der Waals surface area contributed by atoms with Crippen LogP contribution in [-0.4, -0.2) is 54.3 Å². The number of likely N-dealkylation sites (N-methyl/N-ethyl adjacent to an activating group) is 1. The van der Waals surface area contributed by atoms with Gasteiger partial charge in [-0.3, -0.25) is 9.69 Å². The van der Waals surface area contributed by atoms with Crippen LogP contribution in [0.1, 0.15) is 54.4 Å². The highest BCUT2D eigenvalue weighted by molar-refractivity contribution is 7.09. The van der Waals surface area contributed by atoms with Gasteiger partial charge < -0.3 is 14.0 Å². The van der Waals surface area contributed by atoms with E-state index in [1.54, 1.807) is 0 Å². The maximum atomic E-state index is 13.4. The van der Waals surface area contributed by atoms with Crippen molar-refractivity contribution in [3.05, 3.63) is 45.2 Å². The molecule has 0 bridgehead atoms. The summed E-state index contributed by atoms with van der Waals surface area (Å²) in [6.07, 6.45) is -0.860. The lowest BCUT2D eigenvalue weighted by molar-refractivity contribution is -0.137. The second-order valence-electron chi connectivity index (χ2n) is 10.0. The molecular formula is C24H30F3N3O3S. The molecule has 4 rings (SSSR count). The van der Waals surface area contributed by atoms with E-state index in [-0.39, 0.29) is 28.9 Å².